The molecule has 0 unspecified atom stereocenters. The van der Waals surface area contributed by atoms with Gasteiger partial charge in [-0.15, -0.1) is 5.73 Å². The maximum Gasteiger partial charge on any atom is 0.253 e. The van der Waals surface area contributed by atoms with Gasteiger partial charge >= 0.3 is 0 Å². The van der Waals surface area contributed by atoms with E-state index in [2.05, 4.69) is 16.2 Å². The number of hydrogen-bond donors (Lipinski definition) is 1. The van der Waals surface area contributed by atoms with Gasteiger partial charge in [0.15, 0.2) is 5.76 Å². The number of nitrogens with one attached hydrogen (secondary N) is 1. The van der Waals surface area contributed by atoms with Gasteiger partial charge in [-0.05, 0) is 49.5 Å². The number of methoxy groups -OCH3 is 1. The van der Waals surface area contributed by atoms with E-state index in [4.69, 9.17) is 14.4 Å². The van der Waals surface area contributed by atoms with Gasteiger partial charge in [-0.3, -0.25) is 14.3 Å². The van der Waals surface area contributed by atoms with Crippen LogP contribution in [0.25, 0.3) is 23.0 Å². The van der Waals surface area contributed by atoms with Crippen LogP contribution < -0.4 is 5.32 Å². The van der Waals surface area contributed by atoms with E-state index < -0.39 is 0 Å². The highest BCUT2D eigenvalue weighted by molar-refractivity contribution is 6.04. The van der Waals surface area contributed by atoms with Crippen LogP contribution in [0.3, 0.4) is 0 Å². The Hall–Kier alpha value is -4.20. The number of carbonyl (C=O) groups is 2. The number of likely N-dealkylation sites (tertiary alicyclic amines) is 1. The lowest BCUT2D eigenvalue weighted by molar-refractivity contribution is -0.117. The van der Waals surface area contributed by atoms with Gasteiger partial charge in [0, 0.05) is 68.3 Å². The Morgan fingerprint density at radius 1 is 1.16 bits per heavy atom. The third-order valence-electron chi connectivity index (χ3n) is 7.08. The molecule has 0 radical (unpaired) electrons. The van der Waals surface area contributed by atoms with Gasteiger partial charge in [0.1, 0.15) is 5.69 Å². The van der Waals surface area contributed by atoms with E-state index in [9.17, 15) is 9.59 Å². The summed E-state index contributed by atoms with van der Waals surface area (Å²) < 4.78 is 12.2. The number of aromatic nitrogens is 3. The molecule has 0 saturated carbocycles. The molecule has 3 heterocycles. The highest BCUT2D eigenvalue weighted by Crippen LogP contribution is 2.27. The topological polar surface area (TPSA) is 102 Å². The monoisotopic (exact) mass is 513 g/mol. The van der Waals surface area contributed by atoms with Crippen molar-refractivity contribution in [1.29, 1.82) is 0 Å². The minimum absolute atomic E-state index is 0.0485. The van der Waals surface area contributed by atoms with E-state index in [1.807, 2.05) is 53.0 Å². The number of nitrogens with zero attached hydrogens (tertiary/aromatic N) is 4. The number of ether oxygens (including phenoxy) is 1. The Morgan fingerprint density at radius 2 is 1.95 bits per heavy atom. The van der Waals surface area contributed by atoms with Crippen LogP contribution in [0.4, 0.5) is 0 Å². The predicted octanol–water partition coefficient (Wildman–Crippen LogP) is 3.81. The first-order valence-corrected chi connectivity index (χ1v) is 12.8. The van der Waals surface area contributed by atoms with Gasteiger partial charge < -0.3 is 19.5 Å². The molecule has 9 heteroatoms. The van der Waals surface area contributed by atoms with Crippen LogP contribution >= 0.6 is 0 Å². The smallest absolute Gasteiger partial charge is 0.253 e. The number of benzene rings is 1. The highest BCUT2D eigenvalue weighted by atomic mass is 16.5. The Balaban J connectivity index is 1.19. The first-order chi connectivity index (χ1) is 18.5. The fourth-order valence-electron chi connectivity index (χ4n) is 4.89. The van der Waals surface area contributed by atoms with E-state index in [0.29, 0.717) is 49.1 Å². The average Bonchev–Trinajstić information content (AvgIpc) is 3.59. The summed E-state index contributed by atoms with van der Waals surface area (Å²) in [5, 5.41) is 11.4. The SMILES string of the molecule is COCCNC(=O)C1=C(C)c2cn(CC3CCN(C(=O)c4ccc(-c5ccno5)cc4)CC3)nc2C=C=C1. The van der Waals surface area contributed by atoms with Crippen molar-refractivity contribution in [1.82, 2.24) is 25.2 Å². The van der Waals surface area contributed by atoms with Crippen LogP contribution in [-0.2, 0) is 16.1 Å². The molecule has 3 aromatic rings. The Bertz CT molecular complexity index is 1390. The molecule has 1 N–H and O–H groups in total. The second-order valence-electron chi connectivity index (χ2n) is 9.58. The summed E-state index contributed by atoms with van der Waals surface area (Å²) in [4.78, 5) is 27.6. The Kier molecular flexibility index (Phi) is 7.67. The molecule has 0 bridgehead atoms. The standard InChI is InChI=1S/C29H31N5O4/c1-20-24(28(35)30-14-17-37-2)4-3-5-26-25(20)19-34(32-26)18-21-11-15-33(16-12-21)29(36)23-8-6-22(7-9-23)27-10-13-31-38-27/h4-10,13,19,21H,11-12,14-18H2,1-2H3,(H,30,35). The van der Waals surface area contributed by atoms with E-state index in [0.717, 1.165) is 41.8 Å². The number of amides is 2. The molecule has 0 spiro atoms. The average molecular weight is 514 g/mol. The van der Waals surface area contributed by atoms with Gasteiger partial charge in [-0.2, -0.15) is 5.10 Å². The normalized spacial score (nSPS) is 15.5. The fraction of sp³-hybridized carbons (Fsp3) is 0.345. The first-order valence-electron chi connectivity index (χ1n) is 12.8. The molecule has 1 fully saturated rings. The van der Waals surface area contributed by atoms with Crippen molar-refractivity contribution in [3.63, 3.8) is 0 Å². The number of fused-ring (bicyclic) bond motifs is 1. The van der Waals surface area contributed by atoms with E-state index >= 15 is 0 Å². The molecular weight excluding hydrogens is 482 g/mol. The number of carbonyl (C=O) groups excluding carboxylic acids is 2. The number of hydrogen-bond acceptors (Lipinski definition) is 6. The molecule has 1 saturated heterocycles. The summed E-state index contributed by atoms with van der Waals surface area (Å²) in [6.07, 6.45) is 8.95. The van der Waals surface area contributed by atoms with E-state index in [1.54, 1.807) is 25.4 Å². The van der Waals surface area contributed by atoms with Crippen molar-refractivity contribution >= 4 is 23.5 Å². The predicted molar refractivity (Wildman–Crippen MR) is 143 cm³/mol. The molecule has 0 atom stereocenters. The highest BCUT2D eigenvalue weighted by Gasteiger charge is 2.25. The maximum absolute atomic E-state index is 13.0. The lowest BCUT2D eigenvalue weighted by atomic mass is 9.96. The maximum atomic E-state index is 13.0. The third-order valence-corrected chi connectivity index (χ3v) is 7.08. The largest absolute Gasteiger partial charge is 0.383 e. The summed E-state index contributed by atoms with van der Waals surface area (Å²) in [7, 11) is 1.60. The van der Waals surface area contributed by atoms with Gasteiger partial charge in [-0.25, -0.2) is 0 Å². The lowest BCUT2D eigenvalue weighted by Gasteiger charge is -2.32. The molecule has 2 aliphatic rings. The molecule has 1 aliphatic heterocycles. The third kappa shape index (κ3) is 5.54. The Morgan fingerprint density at radius 3 is 2.66 bits per heavy atom. The van der Waals surface area contributed by atoms with Crippen LogP contribution in [-0.4, -0.2) is 65.0 Å². The molecule has 5 rings (SSSR count). The second kappa shape index (κ2) is 11.5. The van der Waals surface area contributed by atoms with Crippen molar-refractivity contribution < 1.29 is 18.8 Å². The Labute approximate surface area is 221 Å². The van der Waals surface area contributed by atoms with Gasteiger partial charge in [-0.1, -0.05) is 17.3 Å². The number of rotatable bonds is 8. The zero-order chi connectivity index (χ0) is 26.5. The minimum Gasteiger partial charge on any atom is -0.383 e. The molecule has 9 nitrogen and oxygen atoms in total. The molecular formula is C29H31N5O4. The van der Waals surface area contributed by atoms with Crippen LogP contribution in [0, 0.1) is 5.92 Å². The number of piperidine rings is 1. The zero-order valence-electron chi connectivity index (χ0n) is 21.6. The van der Waals surface area contributed by atoms with Gasteiger partial charge in [0.25, 0.3) is 11.8 Å². The van der Waals surface area contributed by atoms with Crippen molar-refractivity contribution in [3.05, 3.63) is 76.9 Å². The molecule has 1 aromatic carbocycles. The first kappa shape index (κ1) is 25.4. The molecule has 196 valence electrons. The summed E-state index contributed by atoms with van der Waals surface area (Å²) in [6.45, 7) is 5.03. The number of allylic oxidation sites excluding steroid dienone is 1. The summed E-state index contributed by atoms with van der Waals surface area (Å²) in [5.74, 6) is 0.995. The molecule has 38 heavy (non-hydrogen) atoms. The van der Waals surface area contributed by atoms with Crippen molar-refractivity contribution in [2.24, 2.45) is 5.92 Å². The molecule has 2 aromatic heterocycles. The lowest BCUT2D eigenvalue weighted by Crippen LogP contribution is -2.39. The zero-order valence-corrected chi connectivity index (χ0v) is 21.6. The van der Waals surface area contributed by atoms with Crippen molar-refractivity contribution in [2.75, 3.05) is 33.4 Å². The van der Waals surface area contributed by atoms with Crippen LogP contribution in [0.2, 0.25) is 0 Å². The summed E-state index contributed by atoms with van der Waals surface area (Å²) >= 11 is 0. The minimum atomic E-state index is -0.147. The van der Waals surface area contributed by atoms with Gasteiger partial charge in [0.05, 0.1) is 18.4 Å². The van der Waals surface area contributed by atoms with E-state index in [-0.39, 0.29) is 11.8 Å². The van der Waals surface area contributed by atoms with Crippen molar-refractivity contribution in [2.45, 2.75) is 26.3 Å². The molecule has 2 amide bonds. The van der Waals surface area contributed by atoms with E-state index in [1.165, 1.54) is 0 Å². The van der Waals surface area contributed by atoms with Crippen LogP contribution in [0.5, 0.6) is 0 Å². The van der Waals surface area contributed by atoms with Crippen LogP contribution in [0.15, 0.2) is 64.6 Å². The fourth-order valence-corrected chi connectivity index (χ4v) is 4.89. The van der Waals surface area contributed by atoms with Crippen molar-refractivity contribution in [3.8, 4) is 11.3 Å². The second-order valence-corrected chi connectivity index (χ2v) is 9.58. The molecule has 1 aliphatic carbocycles. The summed E-state index contributed by atoms with van der Waals surface area (Å²) in [6, 6.07) is 9.25. The quantitative estimate of drug-likeness (QED) is 0.363. The van der Waals surface area contributed by atoms with Crippen LogP contribution in [0.1, 0.15) is 41.4 Å². The van der Waals surface area contributed by atoms with Gasteiger partial charge in [0.2, 0.25) is 0 Å². The summed E-state index contributed by atoms with van der Waals surface area (Å²) in [5.41, 5.74) is 7.85.